The van der Waals surface area contributed by atoms with Gasteiger partial charge in [0.05, 0.1) is 24.1 Å². The van der Waals surface area contributed by atoms with Gasteiger partial charge in [0.2, 0.25) is 0 Å². The molecule has 0 saturated carbocycles. The van der Waals surface area contributed by atoms with Crippen LogP contribution in [0.4, 0.5) is 14.9 Å². The Hall–Kier alpha value is -3.66. The number of benzene rings is 2. The third-order valence-electron chi connectivity index (χ3n) is 5.60. The van der Waals surface area contributed by atoms with Crippen molar-refractivity contribution in [3.8, 4) is 11.1 Å². The van der Waals surface area contributed by atoms with E-state index in [9.17, 15) is 24.1 Å². The zero-order chi connectivity index (χ0) is 26.8. The number of rotatable bonds is 5. The maximum Gasteiger partial charge on any atom is 0.410 e. The van der Waals surface area contributed by atoms with Crippen molar-refractivity contribution in [3.05, 3.63) is 69.5 Å². The number of esters is 1. The van der Waals surface area contributed by atoms with E-state index in [0.717, 1.165) is 6.07 Å². The van der Waals surface area contributed by atoms with E-state index in [4.69, 9.17) is 21.1 Å². The predicted molar refractivity (Wildman–Crippen MR) is 133 cm³/mol. The molecule has 0 spiro atoms. The Balaban J connectivity index is 1.99. The SMILES string of the molecule is C=C(c1cc(-c2ccc(Cl)cc2F)ccc1[N+](=O)[O-])N1CCN(C(=O)OC(C)(C)C)CC1C(=O)OC. The van der Waals surface area contributed by atoms with Gasteiger partial charge in [0.25, 0.3) is 5.69 Å². The number of nitro groups is 1. The van der Waals surface area contributed by atoms with Crippen molar-refractivity contribution < 1.29 is 28.4 Å². The average Bonchev–Trinajstić information content (AvgIpc) is 2.81. The number of amides is 1. The lowest BCUT2D eigenvalue weighted by molar-refractivity contribution is -0.385. The van der Waals surface area contributed by atoms with Crippen molar-refractivity contribution in [2.75, 3.05) is 26.7 Å². The molecule has 0 N–H and O–H groups in total. The van der Waals surface area contributed by atoms with E-state index in [2.05, 4.69) is 6.58 Å². The lowest BCUT2D eigenvalue weighted by atomic mass is 9.98. The minimum absolute atomic E-state index is 0.0695. The Kier molecular flexibility index (Phi) is 7.88. The van der Waals surface area contributed by atoms with Gasteiger partial charge in [-0.25, -0.2) is 14.0 Å². The molecule has 0 radical (unpaired) electrons. The third kappa shape index (κ3) is 5.93. The molecule has 11 heteroatoms. The summed E-state index contributed by atoms with van der Waals surface area (Å²) < 4.78 is 24.9. The molecule has 1 amide bonds. The molecule has 2 aromatic carbocycles. The lowest BCUT2D eigenvalue weighted by Gasteiger charge is -2.42. The maximum atomic E-state index is 14.6. The predicted octanol–water partition coefficient (Wildman–Crippen LogP) is 5.12. The smallest absolute Gasteiger partial charge is 0.410 e. The van der Waals surface area contributed by atoms with Crippen LogP contribution in [0.5, 0.6) is 0 Å². The summed E-state index contributed by atoms with van der Waals surface area (Å²) in [5.41, 5.74) is -0.160. The first-order valence-electron chi connectivity index (χ1n) is 11.1. The molecule has 1 heterocycles. The van der Waals surface area contributed by atoms with Gasteiger partial charge < -0.3 is 19.3 Å². The highest BCUT2D eigenvalue weighted by Gasteiger charge is 2.38. The maximum absolute atomic E-state index is 14.6. The lowest BCUT2D eigenvalue weighted by Crippen LogP contribution is -2.57. The molecule has 36 heavy (non-hydrogen) atoms. The number of piperazine rings is 1. The van der Waals surface area contributed by atoms with E-state index >= 15 is 0 Å². The van der Waals surface area contributed by atoms with Crippen molar-refractivity contribution in [2.24, 2.45) is 0 Å². The number of nitro benzene ring substituents is 1. The summed E-state index contributed by atoms with van der Waals surface area (Å²) in [5.74, 6) is -1.24. The van der Waals surface area contributed by atoms with Crippen molar-refractivity contribution in [1.29, 1.82) is 0 Å². The first kappa shape index (κ1) is 26.9. The van der Waals surface area contributed by atoms with Crippen LogP contribution < -0.4 is 0 Å². The van der Waals surface area contributed by atoms with Crippen LogP contribution in [0.2, 0.25) is 5.02 Å². The molecule has 1 saturated heterocycles. The van der Waals surface area contributed by atoms with Gasteiger partial charge in [-0.05, 0) is 56.7 Å². The van der Waals surface area contributed by atoms with Gasteiger partial charge in [0, 0.05) is 35.4 Å². The summed E-state index contributed by atoms with van der Waals surface area (Å²) >= 11 is 5.85. The van der Waals surface area contributed by atoms with Crippen LogP contribution in [-0.4, -0.2) is 65.2 Å². The first-order valence-corrected chi connectivity index (χ1v) is 11.5. The number of halogens is 2. The molecule has 192 valence electrons. The number of hydrogen-bond acceptors (Lipinski definition) is 7. The van der Waals surface area contributed by atoms with Crippen LogP contribution in [0.25, 0.3) is 16.8 Å². The fraction of sp³-hybridized carbons (Fsp3) is 0.360. The monoisotopic (exact) mass is 519 g/mol. The van der Waals surface area contributed by atoms with Crippen molar-refractivity contribution in [2.45, 2.75) is 32.4 Å². The normalized spacial score (nSPS) is 15.9. The highest BCUT2D eigenvalue weighted by Crippen LogP contribution is 2.35. The zero-order valence-electron chi connectivity index (χ0n) is 20.4. The molecule has 3 rings (SSSR count). The Morgan fingerprint density at radius 1 is 1.19 bits per heavy atom. The van der Waals surface area contributed by atoms with Gasteiger partial charge in [-0.1, -0.05) is 18.2 Å². The third-order valence-corrected chi connectivity index (χ3v) is 5.83. The molecule has 0 aromatic heterocycles. The van der Waals surface area contributed by atoms with Crippen LogP contribution in [0.1, 0.15) is 26.3 Å². The Bertz CT molecular complexity index is 1210. The average molecular weight is 520 g/mol. The highest BCUT2D eigenvalue weighted by atomic mass is 35.5. The van der Waals surface area contributed by atoms with Crippen molar-refractivity contribution >= 4 is 35.0 Å². The summed E-state index contributed by atoms with van der Waals surface area (Å²) in [6, 6.07) is 7.28. The molecule has 1 aliphatic rings. The summed E-state index contributed by atoms with van der Waals surface area (Å²) in [4.78, 5) is 39.4. The largest absolute Gasteiger partial charge is 0.467 e. The summed E-state index contributed by atoms with van der Waals surface area (Å²) in [5, 5.41) is 12.0. The van der Waals surface area contributed by atoms with Crippen LogP contribution >= 0.6 is 11.6 Å². The molecular weight excluding hydrogens is 493 g/mol. The highest BCUT2D eigenvalue weighted by molar-refractivity contribution is 6.30. The molecule has 0 bridgehead atoms. The quantitative estimate of drug-likeness (QED) is 0.307. The second-order valence-corrected chi connectivity index (χ2v) is 9.66. The number of ether oxygens (including phenoxy) is 2. The standard InChI is InChI=1S/C25H27ClFN3O6/c1-15(29-11-10-28(14-22(29)23(31)35-5)24(32)36-25(2,3)4)19-12-16(6-9-21(19)30(33)34)18-8-7-17(26)13-20(18)27/h6-9,12-13,22H,1,10-11,14H2,2-5H3. The van der Waals surface area contributed by atoms with Crippen molar-refractivity contribution in [3.63, 3.8) is 0 Å². The number of nitrogens with zero attached hydrogens (tertiary/aromatic N) is 3. The number of methoxy groups -OCH3 is 1. The molecule has 9 nitrogen and oxygen atoms in total. The Labute approximate surface area is 213 Å². The van der Waals surface area contributed by atoms with Gasteiger partial charge in [-0.15, -0.1) is 0 Å². The molecule has 1 aliphatic heterocycles. The van der Waals surface area contributed by atoms with Gasteiger partial charge in [0.1, 0.15) is 17.5 Å². The molecule has 0 aliphatic carbocycles. The minimum Gasteiger partial charge on any atom is -0.467 e. The molecule has 2 aromatic rings. The zero-order valence-corrected chi connectivity index (χ0v) is 21.2. The molecule has 1 unspecified atom stereocenters. The summed E-state index contributed by atoms with van der Waals surface area (Å²) in [6.45, 7) is 9.47. The van der Waals surface area contributed by atoms with Gasteiger partial charge in [-0.3, -0.25) is 10.1 Å². The molecule has 1 fully saturated rings. The van der Waals surface area contributed by atoms with Crippen LogP contribution in [0, 0.1) is 15.9 Å². The van der Waals surface area contributed by atoms with Crippen LogP contribution in [-0.2, 0) is 14.3 Å². The van der Waals surface area contributed by atoms with Gasteiger partial charge in [-0.2, -0.15) is 0 Å². The second kappa shape index (κ2) is 10.5. The first-order chi connectivity index (χ1) is 16.8. The minimum atomic E-state index is -0.987. The van der Waals surface area contributed by atoms with E-state index in [1.165, 1.54) is 42.3 Å². The van der Waals surface area contributed by atoms with Crippen molar-refractivity contribution in [1.82, 2.24) is 9.80 Å². The number of carbonyl (C=O) groups is 2. The van der Waals surface area contributed by atoms with Gasteiger partial charge in [0.15, 0.2) is 0 Å². The van der Waals surface area contributed by atoms with Crippen LogP contribution in [0.3, 0.4) is 0 Å². The van der Waals surface area contributed by atoms with Gasteiger partial charge >= 0.3 is 12.1 Å². The van der Waals surface area contributed by atoms with E-state index in [0.29, 0.717) is 5.56 Å². The number of carbonyl (C=O) groups excluding carboxylic acids is 2. The van der Waals surface area contributed by atoms with E-state index in [1.807, 2.05) is 0 Å². The molecular formula is C25H27ClFN3O6. The Morgan fingerprint density at radius 3 is 2.47 bits per heavy atom. The topological polar surface area (TPSA) is 102 Å². The van der Waals surface area contributed by atoms with E-state index in [1.54, 1.807) is 25.7 Å². The van der Waals surface area contributed by atoms with Crippen LogP contribution in [0.15, 0.2) is 43.0 Å². The summed E-state index contributed by atoms with van der Waals surface area (Å²) in [7, 11) is 1.21. The Morgan fingerprint density at radius 2 is 1.89 bits per heavy atom. The fourth-order valence-electron chi connectivity index (χ4n) is 3.91. The summed E-state index contributed by atoms with van der Waals surface area (Å²) in [6.07, 6.45) is -0.590. The van der Waals surface area contributed by atoms with E-state index in [-0.39, 0.29) is 47.2 Å². The molecule has 1 atom stereocenters. The van der Waals surface area contributed by atoms with E-state index < -0.39 is 34.4 Å². The number of hydrogen-bond donors (Lipinski definition) is 0. The fourth-order valence-corrected chi connectivity index (χ4v) is 4.07. The second-order valence-electron chi connectivity index (χ2n) is 9.22.